The van der Waals surface area contributed by atoms with Crippen molar-refractivity contribution < 1.29 is 37.3 Å². The summed E-state index contributed by atoms with van der Waals surface area (Å²) in [6, 6.07) is 15.6. The Morgan fingerprint density at radius 2 is 1.73 bits per heavy atom. The number of urea groups is 1. The van der Waals surface area contributed by atoms with Crippen LogP contribution in [0.25, 0.3) is 0 Å². The molecule has 2 heterocycles. The lowest BCUT2D eigenvalue weighted by Gasteiger charge is -2.34. The number of likely N-dealkylation sites (N-methyl/N-ethyl adjacent to an activating group) is 1. The molecule has 3 aromatic rings. The van der Waals surface area contributed by atoms with Crippen LogP contribution in [-0.4, -0.2) is 80.9 Å². The lowest BCUT2D eigenvalue weighted by molar-refractivity contribution is -0.134. The molecule has 0 aliphatic carbocycles. The monoisotopic (exact) mass is 638 g/mol. The number of amides is 3. The van der Waals surface area contributed by atoms with Crippen molar-refractivity contribution in [1.82, 2.24) is 9.80 Å². The first-order chi connectivity index (χ1) is 21.4. The van der Waals surface area contributed by atoms with E-state index in [2.05, 4.69) is 10.0 Å². The molecule has 3 atom stereocenters. The third kappa shape index (κ3) is 7.43. The fourth-order valence-electron chi connectivity index (χ4n) is 5.19. The molecule has 3 aromatic carbocycles. The predicted molar refractivity (Wildman–Crippen MR) is 168 cm³/mol. The summed E-state index contributed by atoms with van der Waals surface area (Å²) in [5.41, 5.74) is 2.23. The second kappa shape index (κ2) is 13.2. The van der Waals surface area contributed by atoms with E-state index < -0.39 is 22.2 Å². The van der Waals surface area contributed by atoms with E-state index in [1.54, 1.807) is 67.4 Å². The van der Waals surface area contributed by atoms with Gasteiger partial charge in [-0.3, -0.25) is 9.52 Å². The van der Waals surface area contributed by atoms with Gasteiger partial charge in [0, 0.05) is 42.5 Å². The van der Waals surface area contributed by atoms with Crippen LogP contribution in [0.5, 0.6) is 17.2 Å². The van der Waals surface area contributed by atoms with E-state index in [-0.39, 0.29) is 61.3 Å². The Balaban J connectivity index is 1.38. The molecule has 3 N–H and O–H groups in total. The molecular formula is C32H38N4O8S. The maximum atomic E-state index is 13.5. The number of aliphatic hydroxyl groups is 1. The zero-order chi connectivity index (χ0) is 32.3. The van der Waals surface area contributed by atoms with Crippen molar-refractivity contribution in [3.63, 3.8) is 0 Å². The molecule has 0 saturated carbocycles. The second-order valence-electron chi connectivity index (χ2n) is 11.5. The summed E-state index contributed by atoms with van der Waals surface area (Å²) in [6.45, 7) is 5.91. The van der Waals surface area contributed by atoms with Crippen LogP contribution in [0.2, 0.25) is 0 Å². The minimum absolute atomic E-state index is 0.0698. The molecule has 2 aliphatic rings. The zero-order valence-corrected chi connectivity index (χ0v) is 26.5. The van der Waals surface area contributed by atoms with Gasteiger partial charge in [0.1, 0.15) is 11.9 Å². The molecule has 0 fully saturated rings. The lowest BCUT2D eigenvalue weighted by atomic mass is 10.0. The lowest BCUT2D eigenvalue weighted by Crippen LogP contribution is -2.48. The average molecular weight is 639 g/mol. The molecule has 240 valence electrons. The molecule has 5 rings (SSSR count). The smallest absolute Gasteiger partial charge is 0.321 e. The van der Waals surface area contributed by atoms with Crippen molar-refractivity contribution in [1.29, 1.82) is 0 Å². The first-order valence-electron chi connectivity index (χ1n) is 14.6. The van der Waals surface area contributed by atoms with Gasteiger partial charge in [0.15, 0.2) is 11.5 Å². The van der Waals surface area contributed by atoms with Crippen molar-refractivity contribution in [2.24, 2.45) is 5.92 Å². The summed E-state index contributed by atoms with van der Waals surface area (Å²) in [5.74, 6) is 1.08. The van der Waals surface area contributed by atoms with E-state index in [9.17, 15) is 23.1 Å². The van der Waals surface area contributed by atoms with Crippen LogP contribution in [0.4, 0.5) is 16.2 Å². The SMILES string of the molecule is Cc1ccc(S(=O)(=O)Nc2ccc3c(c2)CC(=O)N([C@H](C)CO)C[C@H](C)[C@H](CN(C)C(=O)Nc2ccc4c(c2)OCO4)O3)cc1. The number of aliphatic hydroxyl groups excluding tert-OH is 1. The number of ether oxygens (including phenoxy) is 3. The molecule has 0 radical (unpaired) electrons. The van der Waals surface area contributed by atoms with Gasteiger partial charge in [0.2, 0.25) is 12.7 Å². The van der Waals surface area contributed by atoms with Crippen LogP contribution in [0.1, 0.15) is 25.0 Å². The Kier molecular flexibility index (Phi) is 9.40. The Morgan fingerprint density at radius 1 is 1.04 bits per heavy atom. The summed E-state index contributed by atoms with van der Waals surface area (Å²) in [6.07, 6.45) is -0.620. The number of anilines is 2. The third-order valence-corrected chi connectivity index (χ3v) is 9.32. The third-order valence-electron chi connectivity index (χ3n) is 7.92. The Morgan fingerprint density at radius 3 is 2.47 bits per heavy atom. The maximum Gasteiger partial charge on any atom is 0.321 e. The molecular weight excluding hydrogens is 600 g/mol. The minimum Gasteiger partial charge on any atom is -0.488 e. The number of carbonyl (C=O) groups is 2. The highest BCUT2D eigenvalue weighted by molar-refractivity contribution is 7.92. The number of hydrogen-bond donors (Lipinski definition) is 3. The van der Waals surface area contributed by atoms with Gasteiger partial charge in [0.05, 0.1) is 30.5 Å². The van der Waals surface area contributed by atoms with Gasteiger partial charge in [-0.1, -0.05) is 24.6 Å². The van der Waals surface area contributed by atoms with E-state index >= 15 is 0 Å². The summed E-state index contributed by atoms with van der Waals surface area (Å²) >= 11 is 0. The van der Waals surface area contributed by atoms with E-state index in [4.69, 9.17) is 14.2 Å². The van der Waals surface area contributed by atoms with Crippen LogP contribution >= 0.6 is 0 Å². The normalized spacial score (nSPS) is 18.5. The quantitative estimate of drug-likeness (QED) is 0.337. The second-order valence-corrected chi connectivity index (χ2v) is 13.2. The van der Waals surface area contributed by atoms with Gasteiger partial charge in [-0.25, -0.2) is 13.2 Å². The number of aryl methyl sites for hydroxylation is 1. The molecule has 2 aliphatic heterocycles. The van der Waals surface area contributed by atoms with Crippen LogP contribution in [0.15, 0.2) is 65.6 Å². The van der Waals surface area contributed by atoms with Gasteiger partial charge in [-0.05, 0) is 56.3 Å². The molecule has 0 spiro atoms. The van der Waals surface area contributed by atoms with E-state index in [1.165, 1.54) is 17.0 Å². The van der Waals surface area contributed by atoms with Crippen LogP contribution in [-0.2, 0) is 21.2 Å². The van der Waals surface area contributed by atoms with Crippen LogP contribution in [0, 0.1) is 12.8 Å². The Labute approximate surface area is 262 Å². The van der Waals surface area contributed by atoms with Crippen molar-refractivity contribution in [2.45, 2.75) is 44.2 Å². The van der Waals surface area contributed by atoms with Crippen molar-refractivity contribution >= 4 is 33.3 Å². The summed E-state index contributed by atoms with van der Waals surface area (Å²) < 4.78 is 45.9. The zero-order valence-electron chi connectivity index (χ0n) is 25.6. The van der Waals surface area contributed by atoms with Crippen molar-refractivity contribution in [2.75, 3.05) is 43.6 Å². The van der Waals surface area contributed by atoms with Gasteiger partial charge >= 0.3 is 6.03 Å². The van der Waals surface area contributed by atoms with Crippen LogP contribution in [0.3, 0.4) is 0 Å². The van der Waals surface area contributed by atoms with E-state index in [0.29, 0.717) is 28.5 Å². The number of hydrogen-bond acceptors (Lipinski definition) is 8. The first kappa shape index (κ1) is 31.9. The number of nitrogens with one attached hydrogen (secondary N) is 2. The van der Waals surface area contributed by atoms with Gasteiger partial charge in [0.25, 0.3) is 10.0 Å². The molecule has 0 saturated heterocycles. The van der Waals surface area contributed by atoms with Gasteiger partial charge in [-0.2, -0.15) is 0 Å². The van der Waals surface area contributed by atoms with Crippen molar-refractivity contribution in [3.8, 4) is 17.2 Å². The number of rotatable bonds is 8. The summed E-state index contributed by atoms with van der Waals surface area (Å²) in [7, 11) is -2.23. The number of benzene rings is 3. The fourth-order valence-corrected chi connectivity index (χ4v) is 6.24. The highest BCUT2D eigenvalue weighted by Gasteiger charge is 2.32. The standard InChI is InChI=1S/C32H38N4O8S/c1-20-5-9-26(10-6-20)45(40,41)34-25-8-11-27-23(13-25)14-31(38)36(22(3)18-37)16-21(2)30(44-27)17-35(4)32(39)33-24-7-12-28-29(15-24)43-19-42-28/h5-13,15,21-22,30,34,37H,14,16-19H2,1-4H3,(H,33,39)/t21-,22+,30-/m0/s1. The average Bonchev–Trinajstić information content (AvgIpc) is 3.48. The van der Waals surface area contributed by atoms with Crippen molar-refractivity contribution in [3.05, 3.63) is 71.8 Å². The Bertz CT molecular complexity index is 1660. The molecule has 3 amide bonds. The summed E-state index contributed by atoms with van der Waals surface area (Å²) in [4.78, 5) is 29.9. The van der Waals surface area contributed by atoms with Gasteiger partial charge < -0.3 is 34.4 Å². The van der Waals surface area contributed by atoms with Crippen LogP contribution < -0.4 is 24.2 Å². The highest BCUT2D eigenvalue weighted by atomic mass is 32.2. The molecule has 0 unspecified atom stereocenters. The molecule has 0 aromatic heterocycles. The number of sulfonamides is 1. The van der Waals surface area contributed by atoms with E-state index in [1.807, 2.05) is 13.8 Å². The fraction of sp³-hybridized carbons (Fsp3) is 0.375. The largest absolute Gasteiger partial charge is 0.488 e. The predicted octanol–water partition coefficient (Wildman–Crippen LogP) is 3.84. The minimum atomic E-state index is -3.88. The summed E-state index contributed by atoms with van der Waals surface area (Å²) in [5, 5.41) is 12.8. The number of carbonyl (C=O) groups excluding carboxylic acids is 2. The van der Waals surface area contributed by atoms with E-state index in [0.717, 1.165) is 5.56 Å². The molecule has 0 bridgehead atoms. The Hall–Kier alpha value is -4.49. The first-order valence-corrected chi connectivity index (χ1v) is 16.1. The maximum absolute atomic E-state index is 13.5. The number of nitrogens with zero attached hydrogens (tertiary/aromatic N) is 2. The molecule has 13 heteroatoms. The molecule has 12 nitrogen and oxygen atoms in total. The highest BCUT2D eigenvalue weighted by Crippen LogP contribution is 2.34. The molecule has 45 heavy (non-hydrogen) atoms. The number of fused-ring (bicyclic) bond motifs is 2. The van der Waals surface area contributed by atoms with Gasteiger partial charge in [-0.15, -0.1) is 0 Å². The topological polar surface area (TPSA) is 147 Å².